The van der Waals surface area contributed by atoms with E-state index < -0.39 is 0 Å². The van der Waals surface area contributed by atoms with Crippen LogP contribution in [-0.4, -0.2) is 25.7 Å². The SMILES string of the molecule is Cc1ccc(-c2cc(C(=O)NCc3cc(-c4ccc(F)cc4)ncn3)n(C)n2)cc1. The number of nitrogens with one attached hydrogen (secondary N) is 1. The molecule has 2 aromatic carbocycles. The molecule has 0 radical (unpaired) electrons. The van der Waals surface area contributed by atoms with Crippen LogP contribution in [0.5, 0.6) is 0 Å². The molecule has 0 aliphatic carbocycles. The second kappa shape index (κ2) is 8.24. The Hall–Kier alpha value is -3.87. The largest absolute Gasteiger partial charge is 0.345 e. The fourth-order valence-corrected chi connectivity index (χ4v) is 3.08. The van der Waals surface area contributed by atoms with Crippen LogP contribution in [-0.2, 0) is 13.6 Å². The Balaban J connectivity index is 1.47. The van der Waals surface area contributed by atoms with Crippen LogP contribution in [0.4, 0.5) is 4.39 Å². The lowest BCUT2D eigenvalue weighted by molar-refractivity contribution is 0.0941. The van der Waals surface area contributed by atoms with Gasteiger partial charge < -0.3 is 5.32 Å². The summed E-state index contributed by atoms with van der Waals surface area (Å²) in [4.78, 5) is 21.1. The van der Waals surface area contributed by atoms with Crippen molar-refractivity contribution in [1.82, 2.24) is 25.1 Å². The highest BCUT2D eigenvalue weighted by molar-refractivity contribution is 5.93. The van der Waals surface area contributed by atoms with Gasteiger partial charge in [-0.3, -0.25) is 9.48 Å². The Morgan fingerprint density at radius 2 is 1.63 bits per heavy atom. The summed E-state index contributed by atoms with van der Waals surface area (Å²) in [5, 5.41) is 7.31. The van der Waals surface area contributed by atoms with Crippen molar-refractivity contribution < 1.29 is 9.18 Å². The average molecular weight is 401 g/mol. The van der Waals surface area contributed by atoms with Crippen molar-refractivity contribution in [3.63, 3.8) is 0 Å². The summed E-state index contributed by atoms with van der Waals surface area (Å²) in [6.07, 6.45) is 1.43. The number of hydrogen-bond acceptors (Lipinski definition) is 4. The van der Waals surface area contributed by atoms with E-state index in [0.717, 1.165) is 22.4 Å². The third-order valence-electron chi connectivity index (χ3n) is 4.75. The number of amides is 1. The number of nitrogens with zero attached hydrogens (tertiary/aromatic N) is 4. The van der Waals surface area contributed by atoms with Gasteiger partial charge in [0.2, 0.25) is 0 Å². The van der Waals surface area contributed by atoms with Crippen molar-refractivity contribution in [3.8, 4) is 22.5 Å². The van der Waals surface area contributed by atoms with Gasteiger partial charge in [-0.05, 0) is 43.3 Å². The number of benzene rings is 2. The van der Waals surface area contributed by atoms with Gasteiger partial charge in [-0.25, -0.2) is 14.4 Å². The van der Waals surface area contributed by atoms with E-state index in [2.05, 4.69) is 20.4 Å². The minimum Gasteiger partial charge on any atom is -0.345 e. The minimum atomic E-state index is -0.304. The van der Waals surface area contributed by atoms with E-state index in [1.54, 1.807) is 36.0 Å². The molecule has 0 unspecified atom stereocenters. The molecule has 0 saturated carbocycles. The van der Waals surface area contributed by atoms with Gasteiger partial charge in [0.15, 0.2) is 0 Å². The zero-order chi connectivity index (χ0) is 21.1. The van der Waals surface area contributed by atoms with Crippen LogP contribution < -0.4 is 5.32 Å². The first-order chi connectivity index (χ1) is 14.5. The molecule has 0 spiro atoms. The average Bonchev–Trinajstić information content (AvgIpc) is 3.15. The van der Waals surface area contributed by atoms with Gasteiger partial charge in [0.05, 0.1) is 23.6 Å². The number of aryl methyl sites for hydroxylation is 2. The first kappa shape index (κ1) is 19.4. The first-order valence-corrected chi connectivity index (χ1v) is 9.46. The monoisotopic (exact) mass is 401 g/mol. The van der Waals surface area contributed by atoms with Crippen molar-refractivity contribution in [2.24, 2.45) is 7.05 Å². The molecule has 2 heterocycles. The van der Waals surface area contributed by atoms with Crippen molar-refractivity contribution in [1.29, 1.82) is 0 Å². The highest BCUT2D eigenvalue weighted by Gasteiger charge is 2.14. The van der Waals surface area contributed by atoms with Crippen molar-refractivity contribution >= 4 is 5.91 Å². The summed E-state index contributed by atoms with van der Waals surface area (Å²) >= 11 is 0. The van der Waals surface area contributed by atoms with E-state index in [1.165, 1.54) is 18.5 Å². The lowest BCUT2D eigenvalue weighted by Gasteiger charge is -2.06. The zero-order valence-electron chi connectivity index (χ0n) is 16.6. The Kier molecular flexibility index (Phi) is 5.34. The minimum absolute atomic E-state index is 0.237. The third-order valence-corrected chi connectivity index (χ3v) is 4.75. The molecule has 30 heavy (non-hydrogen) atoms. The molecule has 4 aromatic rings. The van der Waals surface area contributed by atoms with Gasteiger partial charge in [-0.1, -0.05) is 29.8 Å². The predicted octanol–water partition coefficient (Wildman–Crippen LogP) is 3.92. The summed E-state index contributed by atoms with van der Waals surface area (Å²) in [7, 11) is 1.74. The van der Waals surface area contributed by atoms with Gasteiger partial charge in [0.25, 0.3) is 5.91 Å². The van der Waals surface area contributed by atoms with Crippen LogP contribution in [0.25, 0.3) is 22.5 Å². The van der Waals surface area contributed by atoms with E-state index in [4.69, 9.17) is 0 Å². The summed E-state index contributed by atoms with van der Waals surface area (Å²) < 4.78 is 14.7. The topological polar surface area (TPSA) is 72.7 Å². The van der Waals surface area contributed by atoms with Gasteiger partial charge in [0.1, 0.15) is 17.8 Å². The quantitative estimate of drug-likeness (QED) is 0.550. The Morgan fingerprint density at radius 3 is 2.37 bits per heavy atom. The van der Waals surface area contributed by atoms with Crippen LogP contribution in [0.2, 0.25) is 0 Å². The summed E-state index contributed by atoms with van der Waals surface area (Å²) in [5.41, 5.74) is 5.41. The molecule has 0 bridgehead atoms. The van der Waals surface area contributed by atoms with Crippen LogP contribution in [0.1, 0.15) is 21.7 Å². The van der Waals surface area contributed by atoms with Crippen molar-refractivity contribution in [3.05, 3.63) is 89.8 Å². The third kappa shape index (κ3) is 4.25. The number of rotatable bonds is 5. The summed E-state index contributed by atoms with van der Waals surface area (Å²) in [6.45, 7) is 2.26. The summed E-state index contributed by atoms with van der Waals surface area (Å²) in [5.74, 6) is -0.549. The smallest absolute Gasteiger partial charge is 0.269 e. The maximum absolute atomic E-state index is 13.1. The van der Waals surface area contributed by atoms with Crippen LogP contribution >= 0.6 is 0 Å². The normalized spacial score (nSPS) is 10.8. The van der Waals surface area contributed by atoms with Crippen LogP contribution in [0, 0.1) is 12.7 Å². The lowest BCUT2D eigenvalue weighted by Crippen LogP contribution is -2.25. The number of carbonyl (C=O) groups excluding carboxylic acids is 1. The second-order valence-electron chi connectivity index (χ2n) is 6.99. The Bertz CT molecular complexity index is 1180. The van der Waals surface area contributed by atoms with Crippen LogP contribution in [0.3, 0.4) is 0 Å². The molecule has 0 atom stereocenters. The highest BCUT2D eigenvalue weighted by atomic mass is 19.1. The zero-order valence-corrected chi connectivity index (χ0v) is 16.6. The van der Waals surface area contributed by atoms with E-state index in [0.29, 0.717) is 17.1 Å². The molecule has 0 aliphatic rings. The number of halogens is 1. The maximum atomic E-state index is 13.1. The fourth-order valence-electron chi connectivity index (χ4n) is 3.08. The predicted molar refractivity (Wildman–Crippen MR) is 112 cm³/mol. The Labute approximate surface area is 173 Å². The van der Waals surface area contributed by atoms with E-state index in [-0.39, 0.29) is 18.3 Å². The van der Waals surface area contributed by atoms with Gasteiger partial charge in [-0.15, -0.1) is 0 Å². The standard InChI is InChI=1S/C23H20FN5O/c1-15-3-5-17(6-4-15)21-12-22(29(2)28-21)23(30)25-13-19-11-20(27-14-26-19)16-7-9-18(24)10-8-16/h3-12,14H,13H2,1-2H3,(H,25,30). The van der Waals surface area contributed by atoms with E-state index in [1.807, 2.05) is 31.2 Å². The molecule has 150 valence electrons. The van der Waals surface area contributed by atoms with Crippen LogP contribution in [0.15, 0.2) is 67.0 Å². The molecule has 2 aromatic heterocycles. The first-order valence-electron chi connectivity index (χ1n) is 9.46. The fraction of sp³-hybridized carbons (Fsp3) is 0.130. The number of aromatic nitrogens is 4. The molecular weight excluding hydrogens is 381 g/mol. The molecule has 0 aliphatic heterocycles. The van der Waals surface area contributed by atoms with Gasteiger partial charge in [-0.2, -0.15) is 5.10 Å². The van der Waals surface area contributed by atoms with Gasteiger partial charge in [0, 0.05) is 18.2 Å². The molecule has 6 nitrogen and oxygen atoms in total. The molecule has 1 amide bonds. The summed E-state index contributed by atoms with van der Waals surface area (Å²) in [6, 6.07) is 17.6. The second-order valence-corrected chi connectivity index (χ2v) is 6.99. The van der Waals surface area contributed by atoms with E-state index >= 15 is 0 Å². The molecule has 1 N–H and O–H groups in total. The molecule has 0 fully saturated rings. The highest BCUT2D eigenvalue weighted by Crippen LogP contribution is 2.20. The molecular formula is C23H20FN5O. The Morgan fingerprint density at radius 1 is 0.967 bits per heavy atom. The number of hydrogen-bond donors (Lipinski definition) is 1. The van der Waals surface area contributed by atoms with Crippen molar-refractivity contribution in [2.75, 3.05) is 0 Å². The maximum Gasteiger partial charge on any atom is 0.269 e. The van der Waals surface area contributed by atoms with E-state index in [9.17, 15) is 9.18 Å². The molecule has 4 rings (SSSR count). The number of carbonyl (C=O) groups is 1. The van der Waals surface area contributed by atoms with Crippen molar-refractivity contribution in [2.45, 2.75) is 13.5 Å². The molecule has 7 heteroatoms. The lowest BCUT2D eigenvalue weighted by atomic mass is 10.1. The molecule has 0 saturated heterocycles. The van der Waals surface area contributed by atoms with Gasteiger partial charge >= 0.3 is 0 Å².